The van der Waals surface area contributed by atoms with Crippen molar-refractivity contribution in [2.24, 2.45) is 7.05 Å². The molecule has 7 heteroatoms. The van der Waals surface area contributed by atoms with Crippen LogP contribution in [0.15, 0.2) is 59.8 Å². The highest BCUT2D eigenvalue weighted by molar-refractivity contribution is 7.89. The number of aryl methyl sites for hydroxylation is 2. The third-order valence-corrected chi connectivity index (χ3v) is 5.75. The van der Waals surface area contributed by atoms with Crippen LogP contribution in [0.3, 0.4) is 0 Å². The highest BCUT2D eigenvalue weighted by Crippen LogP contribution is 2.19. The van der Waals surface area contributed by atoms with Crippen molar-refractivity contribution < 1.29 is 12.8 Å². The molecule has 26 heavy (non-hydrogen) atoms. The first-order chi connectivity index (χ1) is 12.3. The van der Waals surface area contributed by atoms with Gasteiger partial charge in [0.15, 0.2) is 0 Å². The van der Waals surface area contributed by atoms with E-state index < -0.39 is 15.8 Å². The molecule has 0 bridgehead atoms. The van der Waals surface area contributed by atoms with Crippen LogP contribution in [-0.2, 0) is 23.5 Å². The Morgan fingerprint density at radius 3 is 2.46 bits per heavy atom. The molecule has 0 aliphatic carbocycles. The molecule has 136 valence electrons. The minimum absolute atomic E-state index is 0.103. The standard InChI is InChI=1S/C19H20FN3O2S/c1-14-11-18(20)7-8-19(14)26(24,25)22-10-9-15-3-5-16(6-4-15)17-12-21-23(2)13-17/h3-8,11-13,22H,9-10H2,1-2H3. The molecule has 5 nitrogen and oxygen atoms in total. The smallest absolute Gasteiger partial charge is 0.240 e. The number of hydrogen-bond acceptors (Lipinski definition) is 3. The lowest BCUT2D eigenvalue weighted by Crippen LogP contribution is -2.26. The van der Waals surface area contributed by atoms with Crippen LogP contribution in [0.1, 0.15) is 11.1 Å². The molecule has 3 aromatic rings. The molecule has 0 saturated heterocycles. The van der Waals surface area contributed by atoms with Crippen molar-refractivity contribution in [2.45, 2.75) is 18.2 Å². The first-order valence-corrected chi connectivity index (χ1v) is 9.67. The first-order valence-electron chi connectivity index (χ1n) is 8.19. The van der Waals surface area contributed by atoms with E-state index in [1.54, 1.807) is 17.8 Å². The molecule has 0 unspecified atom stereocenters. The third-order valence-electron chi connectivity index (χ3n) is 4.12. The zero-order valence-electron chi connectivity index (χ0n) is 14.6. The largest absolute Gasteiger partial charge is 0.275 e. The van der Waals surface area contributed by atoms with Crippen molar-refractivity contribution in [3.63, 3.8) is 0 Å². The lowest BCUT2D eigenvalue weighted by Gasteiger charge is -2.09. The average Bonchev–Trinajstić information content (AvgIpc) is 3.01. The molecule has 3 rings (SSSR count). The van der Waals surface area contributed by atoms with Crippen LogP contribution >= 0.6 is 0 Å². The van der Waals surface area contributed by atoms with Crippen LogP contribution in [0.4, 0.5) is 4.39 Å². The van der Waals surface area contributed by atoms with E-state index in [2.05, 4.69) is 9.82 Å². The van der Waals surface area contributed by atoms with Gasteiger partial charge in [-0.15, -0.1) is 0 Å². The zero-order valence-corrected chi connectivity index (χ0v) is 15.4. The maximum atomic E-state index is 13.1. The molecular formula is C19H20FN3O2S. The van der Waals surface area contributed by atoms with E-state index in [1.165, 1.54) is 12.1 Å². The molecule has 0 amide bonds. The topological polar surface area (TPSA) is 64.0 Å². The van der Waals surface area contributed by atoms with Crippen molar-refractivity contribution >= 4 is 10.0 Å². The second kappa shape index (κ2) is 7.39. The van der Waals surface area contributed by atoms with E-state index in [0.717, 1.165) is 22.8 Å². The summed E-state index contributed by atoms with van der Waals surface area (Å²) in [5.41, 5.74) is 3.50. The zero-order chi connectivity index (χ0) is 18.7. The van der Waals surface area contributed by atoms with Gasteiger partial charge in [-0.25, -0.2) is 17.5 Å². The van der Waals surface area contributed by atoms with Gasteiger partial charge in [-0.1, -0.05) is 24.3 Å². The number of halogens is 1. The lowest BCUT2D eigenvalue weighted by molar-refractivity contribution is 0.580. The molecule has 0 saturated carbocycles. The van der Waals surface area contributed by atoms with Gasteiger partial charge < -0.3 is 0 Å². The minimum Gasteiger partial charge on any atom is -0.275 e. The monoisotopic (exact) mass is 373 g/mol. The van der Waals surface area contributed by atoms with Crippen molar-refractivity contribution in [3.05, 3.63) is 71.8 Å². The van der Waals surface area contributed by atoms with Crippen molar-refractivity contribution in [1.29, 1.82) is 0 Å². The SMILES string of the molecule is Cc1cc(F)ccc1S(=O)(=O)NCCc1ccc(-c2cnn(C)c2)cc1. The van der Waals surface area contributed by atoms with Gasteiger partial charge in [0.2, 0.25) is 10.0 Å². The van der Waals surface area contributed by atoms with E-state index in [0.29, 0.717) is 12.0 Å². The molecule has 1 heterocycles. The molecule has 0 fully saturated rings. The Bertz CT molecular complexity index is 1010. The van der Waals surface area contributed by atoms with E-state index >= 15 is 0 Å². The Morgan fingerprint density at radius 2 is 1.85 bits per heavy atom. The van der Waals surface area contributed by atoms with Crippen LogP contribution < -0.4 is 4.72 Å². The minimum atomic E-state index is -3.65. The second-order valence-corrected chi connectivity index (χ2v) is 7.89. The van der Waals surface area contributed by atoms with Crippen LogP contribution in [0.5, 0.6) is 0 Å². The van der Waals surface area contributed by atoms with Gasteiger partial charge in [-0.3, -0.25) is 4.68 Å². The predicted octanol–water partition coefficient (Wildman–Crippen LogP) is 3.06. The third kappa shape index (κ3) is 4.17. The van der Waals surface area contributed by atoms with Gasteiger partial charge in [-0.05, 0) is 48.2 Å². The van der Waals surface area contributed by atoms with E-state index in [1.807, 2.05) is 37.5 Å². The van der Waals surface area contributed by atoms with Crippen LogP contribution in [0, 0.1) is 12.7 Å². The van der Waals surface area contributed by atoms with E-state index in [4.69, 9.17) is 0 Å². The summed E-state index contributed by atoms with van der Waals surface area (Å²) >= 11 is 0. The number of benzene rings is 2. The summed E-state index contributed by atoms with van der Waals surface area (Å²) in [6.07, 6.45) is 4.30. The van der Waals surface area contributed by atoms with Gasteiger partial charge in [0.1, 0.15) is 5.82 Å². The van der Waals surface area contributed by atoms with Crippen LogP contribution in [0.2, 0.25) is 0 Å². The highest BCUT2D eigenvalue weighted by Gasteiger charge is 2.16. The fraction of sp³-hybridized carbons (Fsp3) is 0.211. The molecule has 0 aliphatic rings. The van der Waals surface area contributed by atoms with E-state index in [-0.39, 0.29) is 11.4 Å². The van der Waals surface area contributed by atoms with Crippen LogP contribution in [0.25, 0.3) is 11.1 Å². The number of hydrogen-bond donors (Lipinski definition) is 1. The summed E-state index contributed by atoms with van der Waals surface area (Å²) in [7, 11) is -1.79. The predicted molar refractivity (Wildman–Crippen MR) is 98.7 cm³/mol. The number of sulfonamides is 1. The lowest BCUT2D eigenvalue weighted by atomic mass is 10.1. The van der Waals surface area contributed by atoms with Gasteiger partial charge in [0.05, 0.1) is 11.1 Å². The fourth-order valence-corrected chi connectivity index (χ4v) is 4.01. The van der Waals surface area contributed by atoms with Crippen molar-refractivity contribution in [3.8, 4) is 11.1 Å². The molecule has 0 atom stereocenters. The maximum absolute atomic E-state index is 13.1. The Labute approximate surface area is 152 Å². The number of nitrogens with one attached hydrogen (secondary N) is 1. The average molecular weight is 373 g/mol. The summed E-state index contributed by atoms with van der Waals surface area (Å²) in [4.78, 5) is 0.103. The van der Waals surface area contributed by atoms with Gasteiger partial charge in [0.25, 0.3) is 0 Å². The van der Waals surface area contributed by atoms with Crippen molar-refractivity contribution in [2.75, 3.05) is 6.54 Å². The first kappa shape index (κ1) is 18.3. The molecule has 0 radical (unpaired) electrons. The van der Waals surface area contributed by atoms with Crippen molar-refractivity contribution in [1.82, 2.24) is 14.5 Å². The van der Waals surface area contributed by atoms with Gasteiger partial charge in [-0.2, -0.15) is 5.10 Å². The molecule has 1 aromatic heterocycles. The number of rotatable bonds is 6. The Kier molecular flexibility index (Phi) is 5.20. The molecule has 0 spiro atoms. The summed E-state index contributed by atoms with van der Waals surface area (Å²) in [6, 6.07) is 11.6. The molecule has 1 N–H and O–H groups in total. The summed E-state index contributed by atoms with van der Waals surface area (Å²) < 4.78 is 42.2. The summed E-state index contributed by atoms with van der Waals surface area (Å²) in [5, 5.41) is 4.15. The Hall–Kier alpha value is -2.51. The number of nitrogens with zero attached hydrogens (tertiary/aromatic N) is 2. The quantitative estimate of drug-likeness (QED) is 0.722. The number of aromatic nitrogens is 2. The fourth-order valence-electron chi connectivity index (χ4n) is 2.76. The summed E-state index contributed by atoms with van der Waals surface area (Å²) in [5.74, 6) is -0.449. The molecule has 2 aromatic carbocycles. The van der Waals surface area contributed by atoms with Crippen LogP contribution in [-0.4, -0.2) is 24.7 Å². The maximum Gasteiger partial charge on any atom is 0.240 e. The Morgan fingerprint density at radius 1 is 1.12 bits per heavy atom. The molecular weight excluding hydrogens is 353 g/mol. The summed E-state index contributed by atoms with van der Waals surface area (Å²) in [6.45, 7) is 1.85. The molecule has 0 aliphatic heterocycles. The highest BCUT2D eigenvalue weighted by atomic mass is 32.2. The normalized spacial score (nSPS) is 11.7. The second-order valence-electron chi connectivity index (χ2n) is 6.16. The van der Waals surface area contributed by atoms with Gasteiger partial charge in [0, 0.05) is 25.4 Å². The van der Waals surface area contributed by atoms with E-state index in [9.17, 15) is 12.8 Å². The Balaban J connectivity index is 1.62. The van der Waals surface area contributed by atoms with Gasteiger partial charge >= 0.3 is 0 Å².